The molecule has 4 N–H and O–H groups in total. The van der Waals surface area contributed by atoms with Crippen LogP contribution in [0.2, 0.25) is 0 Å². The second-order valence-electron chi connectivity index (χ2n) is 3.35. The molecule has 0 aliphatic rings. The van der Waals surface area contributed by atoms with Crippen molar-refractivity contribution in [3.05, 3.63) is 0 Å². The maximum absolute atomic E-state index is 6.21. The molecule has 0 amide bonds. The van der Waals surface area contributed by atoms with E-state index in [1.807, 2.05) is 13.8 Å². The van der Waals surface area contributed by atoms with Crippen LogP contribution in [0, 0.1) is 0 Å². The van der Waals surface area contributed by atoms with Gasteiger partial charge in [-0.15, -0.1) is 0 Å². The van der Waals surface area contributed by atoms with E-state index in [9.17, 15) is 0 Å². The Morgan fingerprint density at radius 1 is 1.21 bits per heavy atom. The van der Waals surface area contributed by atoms with Crippen molar-refractivity contribution in [2.75, 3.05) is 21.3 Å². The van der Waals surface area contributed by atoms with E-state index in [1.165, 1.54) is 0 Å². The summed E-state index contributed by atoms with van der Waals surface area (Å²) in [6, 6.07) is -0.251. The Bertz CT molecular complexity index is 161. The zero-order valence-corrected chi connectivity index (χ0v) is 10.7. The van der Waals surface area contributed by atoms with Crippen LogP contribution in [0.1, 0.15) is 20.3 Å². The van der Waals surface area contributed by atoms with Crippen molar-refractivity contribution in [1.29, 1.82) is 0 Å². The third-order valence-corrected chi connectivity index (χ3v) is 6.34. The highest BCUT2D eigenvalue weighted by molar-refractivity contribution is 6.64. The third kappa shape index (κ3) is 2.00. The molecule has 6 heteroatoms. The predicted molar refractivity (Wildman–Crippen MR) is 57.6 cm³/mol. The van der Waals surface area contributed by atoms with E-state index in [0.29, 0.717) is 6.42 Å². The number of nitrogens with two attached hydrogens (primary N) is 2. The molecule has 0 aliphatic carbocycles. The van der Waals surface area contributed by atoms with Crippen LogP contribution >= 0.6 is 0 Å². The molecular weight excluding hydrogens is 200 g/mol. The molecule has 0 bridgehead atoms. The van der Waals surface area contributed by atoms with Gasteiger partial charge in [0.15, 0.2) is 0 Å². The summed E-state index contributed by atoms with van der Waals surface area (Å²) in [7, 11) is 1.74. The maximum atomic E-state index is 6.21. The summed E-state index contributed by atoms with van der Waals surface area (Å²) < 4.78 is 16.0. The Balaban J connectivity index is 5.11. The first-order valence-corrected chi connectivity index (χ1v) is 6.36. The van der Waals surface area contributed by atoms with Crippen LogP contribution in [-0.2, 0) is 13.3 Å². The van der Waals surface area contributed by atoms with Crippen LogP contribution in [0.15, 0.2) is 0 Å². The van der Waals surface area contributed by atoms with Crippen molar-refractivity contribution in [1.82, 2.24) is 0 Å². The van der Waals surface area contributed by atoms with E-state index < -0.39 is 14.0 Å². The first-order valence-electron chi connectivity index (χ1n) is 4.64. The van der Waals surface area contributed by atoms with Crippen molar-refractivity contribution in [3.8, 4) is 0 Å². The van der Waals surface area contributed by atoms with E-state index in [4.69, 9.17) is 24.7 Å². The van der Waals surface area contributed by atoms with E-state index in [-0.39, 0.29) is 6.04 Å². The molecule has 0 radical (unpaired) electrons. The Hall–Kier alpha value is 0.0169. The smallest absolute Gasteiger partial charge is 0.376 e. The van der Waals surface area contributed by atoms with Crippen LogP contribution < -0.4 is 11.5 Å². The van der Waals surface area contributed by atoms with Gasteiger partial charge < -0.3 is 24.7 Å². The molecule has 0 spiro atoms. The van der Waals surface area contributed by atoms with Gasteiger partial charge in [0.1, 0.15) is 5.16 Å². The van der Waals surface area contributed by atoms with Crippen molar-refractivity contribution in [2.45, 2.75) is 31.5 Å². The van der Waals surface area contributed by atoms with E-state index in [1.54, 1.807) is 21.3 Å². The third-order valence-electron chi connectivity index (χ3n) is 2.77. The van der Waals surface area contributed by atoms with Gasteiger partial charge >= 0.3 is 8.80 Å². The Labute approximate surface area is 87.1 Å². The van der Waals surface area contributed by atoms with Gasteiger partial charge in [0.2, 0.25) is 0 Å². The fraction of sp³-hybridized carbons (Fsp3) is 1.00. The monoisotopic (exact) mass is 222 g/mol. The quantitative estimate of drug-likeness (QED) is 0.611. The second kappa shape index (κ2) is 5.20. The van der Waals surface area contributed by atoms with Gasteiger partial charge in [-0.1, -0.05) is 6.92 Å². The minimum atomic E-state index is -2.88. The topological polar surface area (TPSA) is 79.7 Å². The maximum Gasteiger partial charge on any atom is 0.522 e. The van der Waals surface area contributed by atoms with E-state index >= 15 is 0 Å². The van der Waals surface area contributed by atoms with Gasteiger partial charge in [-0.05, 0) is 13.3 Å². The summed E-state index contributed by atoms with van der Waals surface area (Å²) in [6.07, 6.45) is 0.645. The van der Waals surface area contributed by atoms with Crippen molar-refractivity contribution < 1.29 is 13.3 Å². The van der Waals surface area contributed by atoms with Gasteiger partial charge in [0.05, 0.1) is 0 Å². The lowest BCUT2D eigenvalue weighted by atomic mass is 10.1. The minimum Gasteiger partial charge on any atom is -0.376 e. The molecule has 0 heterocycles. The summed E-state index contributed by atoms with van der Waals surface area (Å²) in [5.41, 5.74) is 12.1. The zero-order chi connectivity index (χ0) is 11.4. The van der Waals surface area contributed by atoms with Crippen LogP contribution in [0.5, 0.6) is 0 Å². The number of hydrogen-bond donors (Lipinski definition) is 2. The van der Waals surface area contributed by atoms with Crippen molar-refractivity contribution in [3.63, 3.8) is 0 Å². The minimum absolute atomic E-state index is 0.251. The molecule has 5 nitrogen and oxygen atoms in total. The van der Waals surface area contributed by atoms with Gasteiger partial charge in [0.25, 0.3) is 0 Å². The van der Waals surface area contributed by atoms with Crippen LogP contribution in [0.4, 0.5) is 0 Å². The lowest BCUT2D eigenvalue weighted by molar-refractivity contribution is 0.0845. The van der Waals surface area contributed by atoms with Crippen LogP contribution in [0.25, 0.3) is 0 Å². The molecule has 0 aliphatic heterocycles. The van der Waals surface area contributed by atoms with Gasteiger partial charge in [-0.2, -0.15) is 0 Å². The van der Waals surface area contributed by atoms with Crippen molar-refractivity contribution in [2.24, 2.45) is 11.5 Å². The molecule has 0 saturated carbocycles. The summed E-state index contributed by atoms with van der Waals surface area (Å²) >= 11 is 0. The Kier molecular flexibility index (Phi) is 5.20. The van der Waals surface area contributed by atoms with Crippen LogP contribution in [-0.4, -0.2) is 41.3 Å². The number of rotatable bonds is 6. The fourth-order valence-electron chi connectivity index (χ4n) is 1.64. The largest absolute Gasteiger partial charge is 0.522 e. The molecule has 0 aromatic carbocycles. The lowest BCUT2D eigenvalue weighted by Gasteiger charge is -2.42. The molecule has 0 rings (SSSR count). The molecule has 2 atom stereocenters. The fourth-order valence-corrected chi connectivity index (χ4v) is 4.27. The molecule has 86 valence electrons. The first-order chi connectivity index (χ1) is 6.44. The highest BCUT2D eigenvalue weighted by atomic mass is 28.4. The SMILES string of the molecule is CCC(N)(C(C)N)[Si](OC)(OC)OC. The molecule has 0 aromatic heterocycles. The van der Waals surface area contributed by atoms with E-state index in [2.05, 4.69) is 0 Å². The average molecular weight is 222 g/mol. The molecule has 0 aromatic rings. The highest BCUT2D eigenvalue weighted by Gasteiger charge is 2.58. The molecule has 0 fully saturated rings. The van der Waals surface area contributed by atoms with Gasteiger partial charge in [-0.3, -0.25) is 0 Å². The average Bonchev–Trinajstić information content (AvgIpc) is 2.20. The molecule has 0 saturated heterocycles. The summed E-state index contributed by atoms with van der Waals surface area (Å²) in [4.78, 5) is 0. The predicted octanol–water partition coefficient (Wildman–Crippen LogP) is -0.142. The highest BCUT2D eigenvalue weighted by Crippen LogP contribution is 2.26. The summed E-state index contributed by atoms with van der Waals surface area (Å²) in [5, 5.41) is -0.745. The standard InChI is InChI=1S/C8H22N2O3Si/c1-6-8(10,7(2)9)14(11-3,12-4)13-5/h7H,6,9-10H2,1-5H3. The molecule has 14 heavy (non-hydrogen) atoms. The summed E-state index contributed by atoms with van der Waals surface area (Å²) in [6.45, 7) is 3.78. The normalized spacial score (nSPS) is 19.1. The van der Waals surface area contributed by atoms with Gasteiger partial charge in [-0.25, -0.2) is 0 Å². The Morgan fingerprint density at radius 3 is 1.64 bits per heavy atom. The number of hydrogen-bond acceptors (Lipinski definition) is 5. The lowest BCUT2D eigenvalue weighted by Crippen LogP contribution is -2.74. The second-order valence-corrected chi connectivity index (χ2v) is 6.62. The first kappa shape index (κ1) is 14.0. The van der Waals surface area contributed by atoms with Crippen LogP contribution in [0.3, 0.4) is 0 Å². The van der Waals surface area contributed by atoms with Gasteiger partial charge in [0, 0.05) is 27.4 Å². The Morgan fingerprint density at radius 2 is 1.57 bits per heavy atom. The molecular formula is C8H22N2O3Si. The zero-order valence-electron chi connectivity index (χ0n) is 9.66. The summed E-state index contributed by atoms with van der Waals surface area (Å²) in [5.74, 6) is 0. The van der Waals surface area contributed by atoms with Crippen molar-refractivity contribution >= 4 is 8.80 Å². The van der Waals surface area contributed by atoms with E-state index in [0.717, 1.165) is 0 Å². The molecule has 2 unspecified atom stereocenters.